The van der Waals surface area contributed by atoms with E-state index in [0.717, 1.165) is 25.2 Å². The molecule has 1 amide bonds. The highest BCUT2D eigenvalue weighted by molar-refractivity contribution is 7.15. The molecule has 0 bridgehead atoms. The van der Waals surface area contributed by atoms with E-state index in [4.69, 9.17) is 4.52 Å². The minimum atomic E-state index is -0.397. The number of rotatable bonds is 2. The number of amides is 1. The summed E-state index contributed by atoms with van der Waals surface area (Å²) in [4.78, 5) is 21.2. The quantitative estimate of drug-likeness (QED) is 0.831. The van der Waals surface area contributed by atoms with Crippen molar-refractivity contribution in [2.75, 3.05) is 11.9 Å². The van der Waals surface area contributed by atoms with E-state index in [1.807, 2.05) is 0 Å². The van der Waals surface area contributed by atoms with Crippen LogP contribution >= 0.6 is 11.3 Å². The fraction of sp³-hybridized carbons (Fsp3) is 0.400. The van der Waals surface area contributed by atoms with E-state index in [2.05, 4.69) is 25.8 Å². The fourth-order valence-electron chi connectivity index (χ4n) is 1.72. The van der Waals surface area contributed by atoms with Crippen LogP contribution in [0.2, 0.25) is 0 Å². The van der Waals surface area contributed by atoms with Crippen LogP contribution in [0.25, 0.3) is 0 Å². The van der Waals surface area contributed by atoms with E-state index in [1.54, 1.807) is 6.92 Å². The van der Waals surface area contributed by atoms with Gasteiger partial charge in [0.1, 0.15) is 0 Å². The Hall–Kier alpha value is -1.80. The van der Waals surface area contributed by atoms with E-state index in [-0.39, 0.29) is 5.82 Å². The fourth-order valence-corrected chi connectivity index (χ4v) is 2.70. The topological polar surface area (TPSA) is 92.9 Å². The number of nitrogens with one attached hydrogen (secondary N) is 2. The average Bonchev–Trinajstić information content (AvgIpc) is 2.94. The van der Waals surface area contributed by atoms with Crippen molar-refractivity contribution < 1.29 is 9.32 Å². The summed E-state index contributed by atoms with van der Waals surface area (Å²) in [5, 5.41) is 10.1. The summed E-state index contributed by atoms with van der Waals surface area (Å²) in [7, 11) is 0. The normalized spacial score (nSPS) is 14.3. The van der Waals surface area contributed by atoms with Crippen LogP contribution in [0.5, 0.6) is 0 Å². The number of anilines is 1. The number of hydrogen-bond acceptors (Lipinski definition) is 7. The first-order valence-electron chi connectivity index (χ1n) is 5.53. The molecule has 3 rings (SSSR count). The highest BCUT2D eigenvalue weighted by Gasteiger charge is 2.18. The molecule has 94 valence electrons. The molecule has 2 aromatic rings. The van der Waals surface area contributed by atoms with Gasteiger partial charge in [-0.25, -0.2) is 4.98 Å². The molecule has 0 unspecified atom stereocenters. The molecule has 0 saturated heterocycles. The van der Waals surface area contributed by atoms with Crippen LogP contribution in [-0.4, -0.2) is 27.6 Å². The first-order valence-corrected chi connectivity index (χ1v) is 6.35. The third-order valence-corrected chi connectivity index (χ3v) is 3.57. The maximum absolute atomic E-state index is 11.8. The number of thiazole rings is 1. The second kappa shape index (κ2) is 4.46. The zero-order valence-corrected chi connectivity index (χ0v) is 10.5. The van der Waals surface area contributed by atoms with Gasteiger partial charge in [0.25, 0.3) is 11.7 Å². The van der Waals surface area contributed by atoms with Gasteiger partial charge >= 0.3 is 0 Å². The molecule has 0 fully saturated rings. The minimum Gasteiger partial charge on any atom is -0.339 e. The van der Waals surface area contributed by atoms with Crippen molar-refractivity contribution in [3.63, 3.8) is 0 Å². The van der Waals surface area contributed by atoms with Gasteiger partial charge in [-0.1, -0.05) is 5.16 Å². The van der Waals surface area contributed by atoms with Crippen molar-refractivity contribution in [3.05, 3.63) is 22.3 Å². The highest BCUT2D eigenvalue weighted by Crippen LogP contribution is 2.25. The number of aromatic nitrogens is 3. The first-order chi connectivity index (χ1) is 8.72. The van der Waals surface area contributed by atoms with Gasteiger partial charge in [0.15, 0.2) is 5.13 Å². The van der Waals surface area contributed by atoms with E-state index < -0.39 is 5.91 Å². The van der Waals surface area contributed by atoms with Crippen LogP contribution in [0.1, 0.15) is 27.1 Å². The number of carbonyl (C=O) groups is 1. The Morgan fingerprint density at radius 3 is 3.11 bits per heavy atom. The van der Waals surface area contributed by atoms with Crippen LogP contribution in [0.4, 0.5) is 5.13 Å². The molecule has 8 heteroatoms. The molecule has 2 N–H and O–H groups in total. The van der Waals surface area contributed by atoms with Gasteiger partial charge in [-0.15, -0.1) is 11.3 Å². The highest BCUT2D eigenvalue weighted by atomic mass is 32.1. The molecule has 0 radical (unpaired) electrons. The van der Waals surface area contributed by atoms with Crippen molar-refractivity contribution in [1.82, 2.24) is 20.4 Å². The second-order valence-corrected chi connectivity index (χ2v) is 4.99. The molecule has 7 nitrogen and oxygen atoms in total. The van der Waals surface area contributed by atoms with Crippen LogP contribution in [0.3, 0.4) is 0 Å². The average molecular weight is 265 g/mol. The molecule has 0 spiro atoms. The van der Waals surface area contributed by atoms with Crippen molar-refractivity contribution >= 4 is 22.4 Å². The van der Waals surface area contributed by atoms with Gasteiger partial charge in [-0.2, -0.15) is 4.98 Å². The predicted octanol–water partition coefficient (Wildman–Crippen LogP) is 0.733. The zero-order chi connectivity index (χ0) is 12.5. The maximum atomic E-state index is 11.8. The first kappa shape index (κ1) is 11.3. The van der Waals surface area contributed by atoms with Crippen molar-refractivity contribution in [2.24, 2.45) is 0 Å². The zero-order valence-electron chi connectivity index (χ0n) is 9.69. The third kappa shape index (κ3) is 2.12. The lowest BCUT2D eigenvalue weighted by Gasteiger charge is -2.09. The van der Waals surface area contributed by atoms with Gasteiger partial charge in [-0.3, -0.25) is 10.1 Å². The van der Waals surface area contributed by atoms with Gasteiger partial charge in [0.2, 0.25) is 5.89 Å². The molecule has 0 aromatic carbocycles. The summed E-state index contributed by atoms with van der Waals surface area (Å²) in [6.45, 7) is 3.37. The third-order valence-electron chi connectivity index (χ3n) is 2.55. The van der Waals surface area contributed by atoms with Crippen molar-refractivity contribution in [2.45, 2.75) is 19.9 Å². The van der Waals surface area contributed by atoms with Crippen LogP contribution in [-0.2, 0) is 13.0 Å². The lowest BCUT2D eigenvalue weighted by molar-refractivity contribution is 0.101. The molecule has 2 aromatic heterocycles. The van der Waals surface area contributed by atoms with E-state index >= 15 is 0 Å². The Bertz CT molecular complexity index is 567. The molecular formula is C10H11N5O2S. The summed E-state index contributed by atoms with van der Waals surface area (Å²) >= 11 is 1.47. The van der Waals surface area contributed by atoms with E-state index in [1.165, 1.54) is 16.2 Å². The Morgan fingerprint density at radius 2 is 2.39 bits per heavy atom. The molecule has 0 atom stereocenters. The standard InChI is InChI=1S/C10H11N5O2S/c1-5-12-8(15-17-5)9(16)14-10-13-6-2-3-11-4-7(6)18-10/h11H,2-4H2,1H3,(H,13,14,16). The molecule has 0 aliphatic carbocycles. The largest absolute Gasteiger partial charge is 0.339 e. The van der Waals surface area contributed by atoms with Gasteiger partial charge in [0.05, 0.1) is 5.69 Å². The Balaban J connectivity index is 1.76. The van der Waals surface area contributed by atoms with Crippen LogP contribution < -0.4 is 10.6 Å². The molecular weight excluding hydrogens is 254 g/mol. The monoisotopic (exact) mass is 265 g/mol. The predicted molar refractivity (Wildman–Crippen MR) is 64.5 cm³/mol. The number of nitrogens with zero attached hydrogens (tertiary/aromatic N) is 3. The summed E-state index contributed by atoms with van der Waals surface area (Å²) in [6.07, 6.45) is 0.892. The SMILES string of the molecule is Cc1nc(C(=O)Nc2nc3c(s2)CNCC3)no1. The summed E-state index contributed by atoms with van der Waals surface area (Å²) in [5.74, 6) is -0.00696. The van der Waals surface area contributed by atoms with Crippen molar-refractivity contribution in [1.29, 1.82) is 0 Å². The number of carbonyl (C=O) groups excluding carboxylic acids is 1. The number of fused-ring (bicyclic) bond motifs is 1. The van der Waals surface area contributed by atoms with Crippen LogP contribution in [0, 0.1) is 6.92 Å². The Morgan fingerprint density at radius 1 is 1.50 bits per heavy atom. The van der Waals surface area contributed by atoms with Crippen molar-refractivity contribution in [3.8, 4) is 0 Å². The van der Waals surface area contributed by atoms with Gasteiger partial charge in [-0.05, 0) is 0 Å². The number of hydrogen-bond donors (Lipinski definition) is 2. The summed E-state index contributed by atoms with van der Waals surface area (Å²) in [6, 6.07) is 0. The van der Waals surface area contributed by atoms with E-state index in [9.17, 15) is 4.79 Å². The molecule has 1 aliphatic rings. The Kier molecular flexibility index (Phi) is 2.80. The molecule has 1 aliphatic heterocycles. The number of aryl methyl sites for hydroxylation is 1. The van der Waals surface area contributed by atoms with E-state index in [0.29, 0.717) is 11.0 Å². The summed E-state index contributed by atoms with van der Waals surface area (Å²) < 4.78 is 4.76. The van der Waals surface area contributed by atoms with Crippen LogP contribution in [0.15, 0.2) is 4.52 Å². The molecule has 3 heterocycles. The van der Waals surface area contributed by atoms with Gasteiger partial charge in [0, 0.05) is 31.3 Å². The summed E-state index contributed by atoms with van der Waals surface area (Å²) in [5.41, 5.74) is 1.05. The Labute approximate surface area is 107 Å². The second-order valence-electron chi connectivity index (χ2n) is 3.91. The molecule has 18 heavy (non-hydrogen) atoms. The minimum absolute atomic E-state index is 0.0267. The maximum Gasteiger partial charge on any atom is 0.298 e. The lowest BCUT2D eigenvalue weighted by Crippen LogP contribution is -2.22. The molecule has 0 saturated carbocycles. The lowest BCUT2D eigenvalue weighted by atomic mass is 10.2. The smallest absolute Gasteiger partial charge is 0.298 e. The van der Waals surface area contributed by atoms with Gasteiger partial charge < -0.3 is 9.84 Å².